The van der Waals surface area contributed by atoms with Gasteiger partial charge in [-0.05, 0) is 23.5 Å². The first-order valence-corrected chi connectivity index (χ1v) is 9.66. The Hall–Kier alpha value is -3.19. The lowest BCUT2D eigenvalue weighted by Gasteiger charge is -2.27. The van der Waals surface area contributed by atoms with Crippen LogP contribution in [-0.2, 0) is 29.5 Å². The van der Waals surface area contributed by atoms with Crippen molar-refractivity contribution in [2.24, 2.45) is 5.92 Å². The molecule has 0 aliphatic rings. The zero-order chi connectivity index (χ0) is 22.1. The number of hydrogen-bond donors (Lipinski definition) is 2. The highest BCUT2D eigenvalue weighted by atomic mass is 16.6. The molecule has 0 radical (unpaired) electrons. The molecule has 0 aromatic heterocycles. The van der Waals surface area contributed by atoms with E-state index in [0.29, 0.717) is 17.5 Å². The van der Waals surface area contributed by atoms with Crippen LogP contribution in [0.4, 0.5) is 0 Å². The molecule has 30 heavy (non-hydrogen) atoms. The fraction of sp³-hybridized carbons (Fsp3) is 0.348. The van der Waals surface area contributed by atoms with Gasteiger partial charge in [0.15, 0.2) is 6.61 Å². The van der Waals surface area contributed by atoms with E-state index in [1.165, 1.54) is 7.11 Å². The van der Waals surface area contributed by atoms with E-state index in [9.17, 15) is 19.5 Å². The monoisotopic (exact) mass is 413 g/mol. The third-order valence-corrected chi connectivity index (χ3v) is 4.54. The summed E-state index contributed by atoms with van der Waals surface area (Å²) in [4.78, 5) is 37.0. The molecule has 1 atom stereocenters. The summed E-state index contributed by atoms with van der Waals surface area (Å²) in [5.74, 6) is -2.09. The highest BCUT2D eigenvalue weighted by Crippen LogP contribution is 2.30. The normalized spacial score (nSPS) is 12.2. The van der Waals surface area contributed by atoms with Crippen LogP contribution >= 0.6 is 0 Å². The van der Waals surface area contributed by atoms with E-state index in [0.717, 1.165) is 0 Å². The van der Waals surface area contributed by atoms with Crippen molar-refractivity contribution in [2.45, 2.75) is 31.9 Å². The fourth-order valence-corrected chi connectivity index (χ4v) is 3.06. The first-order chi connectivity index (χ1) is 14.3. The number of amides is 1. The van der Waals surface area contributed by atoms with Gasteiger partial charge >= 0.3 is 11.9 Å². The van der Waals surface area contributed by atoms with Gasteiger partial charge in [-0.3, -0.25) is 4.79 Å². The van der Waals surface area contributed by atoms with Gasteiger partial charge in [-0.1, -0.05) is 74.5 Å². The fourth-order valence-electron chi connectivity index (χ4n) is 3.06. The summed E-state index contributed by atoms with van der Waals surface area (Å²) in [5.41, 5.74) is -1.45. The highest BCUT2D eigenvalue weighted by molar-refractivity contribution is 5.89. The number of carbonyl (C=O) groups is 3. The maximum absolute atomic E-state index is 12.9. The predicted molar refractivity (Wildman–Crippen MR) is 110 cm³/mol. The molecule has 0 bridgehead atoms. The van der Waals surface area contributed by atoms with E-state index in [1.54, 1.807) is 60.7 Å². The lowest BCUT2D eigenvalue weighted by Crippen LogP contribution is -2.45. The molecular formula is C23H27NO6. The summed E-state index contributed by atoms with van der Waals surface area (Å²) in [6, 6.07) is 15.8. The molecule has 2 aromatic carbocycles. The lowest BCUT2D eigenvalue weighted by atomic mass is 9.86. The molecule has 2 N–H and O–H groups in total. The number of ether oxygens (including phenoxy) is 2. The van der Waals surface area contributed by atoms with Crippen LogP contribution in [0.15, 0.2) is 60.7 Å². The molecule has 7 heteroatoms. The van der Waals surface area contributed by atoms with Gasteiger partial charge in [0.1, 0.15) is 6.04 Å². The first-order valence-electron chi connectivity index (χ1n) is 9.66. The van der Waals surface area contributed by atoms with Gasteiger partial charge in [-0.2, -0.15) is 0 Å². The molecule has 0 spiro atoms. The Kier molecular flexibility index (Phi) is 8.12. The molecule has 0 fully saturated rings. The van der Waals surface area contributed by atoms with Crippen molar-refractivity contribution in [3.8, 4) is 0 Å². The Bertz CT molecular complexity index is 811. The van der Waals surface area contributed by atoms with Crippen LogP contribution in [0.5, 0.6) is 0 Å². The number of hydrogen-bond acceptors (Lipinski definition) is 6. The second-order valence-corrected chi connectivity index (χ2v) is 7.29. The quantitative estimate of drug-likeness (QED) is 0.611. The smallest absolute Gasteiger partial charge is 0.348 e. The number of methoxy groups -OCH3 is 1. The van der Waals surface area contributed by atoms with Crippen molar-refractivity contribution in [3.63, 3.8) is 0 Å². The predicted octanol–water partition coefficient (Wildman–Crippen LogP) is 2.17. The Balaban J connectivity index is 2.15. The maximum Gasteiger partial charge on any atom is 0.348 e. The maximum atomic E-state index is 12.9. The Morgan fingerprint density at radius 3 is 1.90 bits per heavy atom. The summed E-state index contributed by atoms with van der Waals surface area (Å²) in [6.07, 6.45) is 0.379. The number of aliphatic hydroxyl groups is 1. The van der Waals surface area contributed by atoms with Crippen molar-refractivity contribution < 1.29 is 29.0 Å². The Morgan fingerprint density at radius 2 is 1.47 bits per heavy atom. The largest absolute Gasteiger partial charge is 0.467 e. The molecule has 0 aliphatic heterocycles. The number of nitrogens with one attached hydrogen (secondary N) is 1. The van der Waals surface area contributed by atoms with Gasteiger partial charge in [0.05, 0.1) is 7.11 Å². The van der Waals surface area contributed by atoms with Crippen molar-refractivity contribution in [2.75, 3.05) is 13.7 Å². The highest BCUT2D eigenvalue weighted by Gasteiger charge is 2.42. The first kappa shape index (κ1) is 23.1. The average Bonchev–Trinajstić information content (AvgIpc) is 2.76. The number of rotatable bonds is 9. The second kappa shape index (κ2) is 10.5. The van der Waals surface area contributed by atoms with E-state index in [1.807, 2.05) is 13.8 Å². The van der Waals surface area contributed by atoms with Crippen molar-refractivity contribution >= 4 is 17.8 Å². The third-order valence-electron chi connectivity index (χ3n) is 4.54. The molecule has 0 aliphatic carbocycles. The molecule has 160 valence electrons. The van der Waals surface area contributed by atoms with E-state index in [-0.39, 0.29) is 5.92 Å². The van der Waals surface area contributed by atoms with E-state index in [2.05, 4.69) is 5.32 Å². The lowest BCUT2D eigenvalue weighted by molar-refractivity contribution is -0.165. The molecule has 0 saturated carbocycles. The second-order valence-electron chi connectivity index (χ2n) is 7.29. The minimum Gasteiger partial charge on any atom is -0.467 e. The van der Waals surface area contributed by atoms with Crippen LogP contribution < -0.4 is 5.32 Å². The van der Waals surface area contributed by atoms with Crippen LogP contribution in [0.2, 0.25) is 0 Å². The molecular weight excluding hydrogens is 386 g/mol. The molecule has 0 unspecified atom stereocenters. The molecule has 0 heterocycles. The Morgan fingerprint density at radius 1 is 0.967 bits per heavy atom. The SMILES string of the molecule is COC(=O)[C@@H](CC(C)C)NC(=O)COC(=O)C(O)(c1ccccc1)c1ccccc1. The number of carbonyl (C=O) groups excluding carboxylic acids is 3. The minimum atomic E-state index is -2.08. The number of esters is 2. The zero-order valence-electron chi connectivity index (χ0n) is 17.3. The van der Waals surface area contributed by atoms with E-state index < -0.39 is 36.1 Å². The third kappa shape index (κ3) is 5.67. The standard InChI is InChI=1S/C23H27NO6/c1-16(2)14-19(21(26)29-3)24-20(25)15-30-22(27)23(28,17-10-6-4-7-11-17)18-12-8-5-9-13-18/h4-13,16,19,28H,14-15H2,1-3H3,(H,24,25)/t19-/m1/s1. The van der Waals surface area contributed by atoms with E-state index in [4.69, 9.17) is 9.47 Å². The van der Waals surface area contributed by atoms with Gasteiger partial charge in [0.2, 0.25) is 5.60 Å². The van der Waals surface area contributed by atoms with Crippen LogP contribution in [-0.4, -0.2) is 42.7 Å². The minimum absolute atomic E-state index is 0.137. The molecule has 7 nitrogen and oxygen atoms in total. The summed E-state index contributed by atoms with van der Waals surface area (Å²) in [7, 11) is 1.24. The molecule has 0 saturated heterocycles. The van der Waals surface area contributed by atoms with E-state index >= 15 is 0 Å². The van der Waals surface area contributed by atoms with Crippen LogP contribution in [0.25, 0.3) is 0 Å². The van der Waals surface area contributed by atoms with Gasteiger partial charge < -0.3 is 19.9 Å². The van der Waals surface area contributed by atoms with Gasteiger partial charge in [0.25, 0.3) is 5.91 Å². The number of benzene rings is 2. The van der Waals surface area contributed by atoms with Crippen molar-refractivity contribution in [1.29, 1.82) is 0 Å². The van der Waals surface area contributed by atoms with Crippen LogP contribution in [0.1, 0.15) is 31.4 Å². The van der Waals surface area contributed by atoms with Gasteiger partial charge in [-0.15, -0.1) is 0 Å². The van der Waals surface area contributed by atoms with Gasteiger partial charge in [0, 0.05) is 0 Å². The van der Waals surface area contributed by atoms with Gasteiger partial charge in [-0.25, -0.2) is 9.59 Å². The zero-order valence-corrected chi connectivity index (χ0v) is 17.3. The van der Waals surface area contributed by atoms with Crippen molar-refractivity contribution in [1.82, 2.24) is 5.32 Å². The molecule has 2 rings (SSSR count). The van der Waals surface area contributed by atoms with Crippen molar-refractivity contribution in [3.05, 3.63) is 71.8 Å². The molecule has 2 aromatic rings. The summed E-state index contributed by atoms with van der Waals surface area (Å²) < 4.78 is 9.85. The topological polar surface area (TPSA) is 102 Å². The van der Waals surface area contributed by atoms with Crippen LogP contribution in [0, 0.1) is 5.92 Å². The van der Waals surface area contributed by atoms with Crippen LogP contribution in [0.3, 0.4) is 0 Å². The average molecular weight is 413 g/mol. The Labute approximate surface area is 176 Å². The summed E-state index contributed by atoms with van der Waals surface area (Å²) in [5, 5.41) is 13.8. The summed E-state index contributed by atoms with van der Waals surface area (Å²) in [6.45, 7) is 3.16. The summed E-state index contributed by atoms with van der Waals surface area (Å²) >= 11 is 0. The molecule has 1 amide bonds.